The Balaban J connectivity index is 0.00000220. The maximum Gasteiger partial charge on any atom is 0.226 e. The van der Waals surface area contributed by atoms with E-state index in [9.17, 15) is 4.79 Å². The fraction of sp³-hybridized carbons (Fsp3) is 0.429. The minimum atomic E-state index is 0. The van der Waals surface area contributed by atoms with Crippen molar-refractivity contribution >= 4 is 45.0 Å². The summed E-state index contributed by atoms with van der Waals surface area (Å²) in [5.41, 5.74) is 0.879. The van der Waals surface area contributed by atoms with Crippen molar-refractivity contribution in [3.63, 3.8) is 0 Å². The number of nitrogens with one attached hydrogen (secondary N) is 2. The van der Waals surface area contributed by atoms with Gasteiger partial charge in [0.2, 0.25) is 5.91 Å². The predicted molar refractivity (Wildman–Crippen MR) is 89.8 cm³/mol. The first-order chi connectivity index (χ1) is 9.72. The number of carbonyl (C=O) groups excluding carboxylic acids is 1. The van der Waals surface area contributed by atoms with E-state index in [4.69, 9.17) is 4.74 Å². The first-order valence-corrected chi connectivity index (χ1v) is 7.52. The lowest BCUT2D eigenvalue weighted by molar-refractivity contribution is -0.116. The highest BCUT2D eigenvalue weighted by Crippen LogP contribution is 2.29. The number of halogens is 1. The lowest BCUT2D eigenvalue weighted by Crippen LogP contribution is -2.15. The van der Waals surface area contributed by atoms with Crippen molar-refractivity contribution in [3.05, 3.63) is 18.2 Å². The molecule has 0 saturated heterocycles. The zero-order valence-electron chi connectivity index (χ0n) is 12.1. The highest BCUT2D eigenvalue weighted by molar-refractivity contribution is 7.22. The van der Waals surface area contributed by atoms with E-state index in [-0.39, 0.29) is 18.3 Å². The lowest BCUT2D eigenvalue weighted by atomic mass is 10.3. The number of carbonyl (C=O) groups is 1. The smallest absolute Gasteiger partial charge is 0.226 e. The van der Waals surface area contributed by atoms with Gasteiger partial charge in [-0.05, 0) is 45.1 Å². The summed E-state index contributed by atoms with van der Waals surface area (Å²) in [5, 5.41) is 6.50. The molecule has 21 heavy (non-hydrogen) atoms. The molecule has 0 bridgehead atoms. The molecule has 0 saturated carbocycles. The number of fused-ring (bicyclic) bond motifs is 1. The Kier molecular flexibility index (Phi) is 7.42. The average molecular weight is 330 g/mol. The molecular weight excluding hydrogens is 310 g/mol. The second kappa shape index (κ2) is 8.81. The molecule has 0 radical (unpaired) electrons. The molecule has 2 N–H and O–H groups in total. The molecule has 7 heteroatoms. The second-order valence-corrected chi connectivity index (χ2v) is 5.37. The van der Waals surface area contributed by atoms with Crippen molar-refractivity contribution in [1.82, 2.24) is 10.3 Å². The van der Waals surface area contributed by atoms with Crippen LogP contribution < -0.4 is 15.4 Å². The van der Waals surface area contributed by atoms with Gasteiger partial charge in [-0.1, -0.05) is 11.3 Å². The summed E-state index contributed by atoms with van der Waals surface area (Å²) >= 11 is 1.47. The zero-order valence-corrected chi connectivity index (χ0v) is 13.8. The van der Waals surface area contributed by atoms with Crippen molar-refractivity contribution in [1.29, 1.82) is 0 Å². The molecule has 2 rings (SSSR count). The Morgan fingerprint density at radius 2 is 2.24 bits per heavy atom. The molecule has 116 valence electrons. The fourth-order valence-electron chi connectivity index (χ4n) is 1.82. The van der Waals surface area contributed by atoms with Gasteiger partial charge < -0.3 is 15.4 Å². The van der Waals surface area contributed by atoms with E-state index in [1.54, 1.807) is 0 Å². The number of rotatable bonds is 7. The van der Waals surface area contributed by atoms with Gasteiger partial charge in [-0.15, -0.1) is 12.4 Å². The Labute approximate surface area is 134 Å². The molecule has 0 aliphatic heterocycles. The van der Waals surface area contributed by atoms with Crippen molar-refractivity contribution in [2.45, 2.75) is 19.8 Å². The largest absolute Gasteiger partial charge is 0.494 e. The molecule has 1 amide bonds. The molecule has 1 aromatic carbocycles. The van der Waals surface area contributed by atoms with Crippen LogP contribution in [0.4, 0.5) is 5.13 Å². The Hall–Kier alpha value is -1.37. The van der Waals surface area contributed by atoms with Crippen LogP contribution in [0.25, 0.3) is 10.2 Å². The Morgan fingerprint density at radius 1 is 1.43 bits per heavy atom. The molecule has 0 aliphatic carbocycles. The normalized spacial score (nSPS) is 10.2. The number of anilines is 1. The molecular formula is C14H20ClN3O2S. The summed E-state index contributed by atoms with van der Waals surface area (Å²) in [5.74, 6) is 0.833. The van der Waals surface area contributed by atoms with Crippen molar-refractivity contribution in [2.24, 2.45) is 0 Å². The van der Waals surface area contributed by atoms with E-state index in [1.165, 1.54) is 11.3 Å². The van der Waals surface area contributed by atoms with Crippen molar-refractivity contribution in [2.75, 3.05) is 25.5 Å². The van der Waals surface area contributed by atoms with E-state index >= 15 is 0 Å². The summed E-state index contributed by atoms with van der Waals surface area (Å²) in [6.07, 6.45) is 1.32. The van der Waals surface area contributed by atoms with Crippen molar-refractivity contribution in [3.8, 4) is 5.75 Å². The Morgan fingerprint density at radius 3 is 2.95 bits per heavy atom. The molecule has 5 nitrogen and oxygen atoms in total. The summed E-state index contributed by atoms with van der Waals surface area (Å²) in [6, 6.07) is 5.75. The van der Waals surface area contributed by atoms with Crippen LogP contribution in [0.1, 0.15) is 19.8 Å². The monoisotopic (exact) mass is 329 g/mol. The maximum absolute atomic E-state index is 11.7. The van der Waals surface area contributed by atoms with Crippen LogP contribution in [0, 0.1) is 0 Å². The number of benzene rings is 1. The lowest BCUT2D eigenvalue weighted by Gasteiger charge is -2.00. The summed E-state index contributed by atoms with van der Waals surface area (Å²) in [7, 11) is 1.88. The number of amides is 1. The number of hydrogen-bond acceptors (Lipinski definition) is 5. The van der Waals surface area contributed by atoms with Crippen LogP contribution in [0.3, 0.4) is 0 Å². The SMILES string of the molecule is CCOc1ccc2nc(NC(=O)CCCNC)sc2c1.Cl. The van der Waals surface area contributed by atoms with Gasteiger partial charge in [-0.25, -0.2) is 4.98 Å². The minimum Gasteiger partial charge on any atom is -0.494 e. The van der Waals surface area contributed by atoms with Crippen LogP contribution in [-0.2, 0) is 4.79 Å². The quantitative estimate of drug-likeness (QED) is 0.766. The summed E-state index contributed by atoms with van der Waals surface area (Å²) in [4.78, 5) is 16.1. The van der Waals surface area contributed by atoms with Crippen molar-refractivity contribution < 1.29 is 9.53 Å². The molecule has 0 fully saturated rings. The first-order valence-electron chi connectivity index (χ1n) is 6.70. The molecule has 0 atom stereocenters. The summed E-state index contributed by atoms with van der Waals surface area (Å²) < 4.78 is 6.47. The third-order valence-corrected chi connectivity index (χ3v) is 3.68. The minimum absolute atomic E-state index is 0. The third kappa shape index (κ3) is 5.15. The van der Waals surface area contributed by atoms with Gasteiger partial charge in [0.25, 0.3) is 0 Å². The van der Waals surface area contributed by atoms with Crippen LogP contribution in [0.15, 0.2) is 18.2 Å². The molecule has 1 heterocycles. The molecule has 0 spiro atoms. The summed E-state index contributed by atoms with van der Waals surface area (Å²) in [6.45, 7) is 3.43. The predicted octanol–water partition coefficient (Wildman–Crippen LogP) is 3.05. The zero-order chi connectivity index (χ0) is 14.4. The molecule has 0 aliphatic rings. The standard InChI is InChI=1S/C14H19N3O2S.ClH/c1-3-19-10-6-7-11-12(9-10)20-14(16-11)17-13(18)5-4-8-15-2;/h6-7,9,15H,3-5,8H2,1-2H3,(H,16,17,18);1H. The topological polar surface area (TPSA) is 63.2 Å². The van der Waals surface area contributed by atoms with Gasteiger partial charge in [-0.3, -0.25) is 4.79 Å². The van der Waals surface area contributed by atoms with Gasteiger partial charge >= 0.3 is 0 Å². The van der Waals surface area contributed by atoms with E-state index in [2.05, 4.69) is 15.6 Å². The number of hydrogen-bond donors (Lipinski definition) is 2. The van der Waals surface area contributed by atoms with Gasteiger partial charge in [0.05, 0.1) is 16.8 Å². The van der Waals surface area contributed by atoms with E-state index in [0.717, 1.165) is 28.9 Å². The van der Waals surface area contributed by atoms with Gasteiger partial charge in [0, 0.05) is 6.42 Å². The average Bonchev–Trinajstić information content (AvgIpc) is 2.80. The van der Waals surface area contributed by atoms with E-state index < -0.39 is 0 Å². The van der Waals surface area contributed by atoms with E-state index in [1.807, 2.05) is 32.2 Å². The maximum atomic E-state index is 11.7. The number of aromatic nitrogens is 1. The molecule has 1 aromatic heterocycles. The van der Waals surface area contributed by atoms with Gasteiger partial charge in [-0.2, -0.15) is 0 Å². The highest BCUT2D eigenvalue weighted by Gasteiger charge is 2.08. The molecule has 2 aromatic rings. The Bertz CT molecular complexity index is 589. The van der Waals surface area contributed by atoms with Gasteiger partial charge in [0.15, 0.2) is 5.13 Å². The third-order valence-electron chi connectivity index (χ3n) is 2.75. The van der Waals surface area contributed by atoms with Crippen LogP contribution in [0.5, 0.6) is 5.75 Å². The van der Waals surface area contributed by atoms with Crippen LogP contribution >= 0.6 is 23.7 Å². The first kappa shape index (κ1) is 17.7. The fourth-order valence-corrected chi connectivity index (χ4v) is 2.73. The van der Waals surface area contributed by atoms with Crippen LogP contribution in [-0.4, -0.2) is 31.1 Å². The van der Waals surface area contributed by atoms with Crippen LogP contribution in [0.2, 0.25) is 0 Å². The number of ether oxygens (including phenoxy) is 1. The van der Waals surface area contributed by atoms with Gasteiger partial charge in [0.1, 0.15) is 5.75 Å². The number of thiazole rings is 1. The second-order valence-electron chi connectivity index (χ2n) is 4.34. The van der Waals surface area contributed by atoms with E-state index in [0.29, 0.717) is 18.2 Å². The highest BCUT2D eigenvalue weighted by atomic mass is 35.5. The number of nitrogens with zero attached hydrogens (tertiary/aromatic N) is 1. The molecule has 0 unspecified atom stereocenters.